The van der Waals surface area contributed by atoms with E-state index in [9.17, 15) is 14.6 Å². The van der Waals surface area contributed by atoms with Gasteiger partial charge in [-0.1, -0.05) is 5.21 Å². The first-order valence-corrected chi connectivity index (χ1v) is 10.2. The summed E-state index contributed by atoms with van der Waals surface area (Å²) in [4.78, 5) is 4.38. The summed E-state index contributed by atoms with van der Waals surface area (Å²) >= 11 is 0. The molecule has 0 radical (unpaired) electrons. The summed E-state index contributed by atoms with van der Waals surface area (Å²) in [6.07, 6.45) is 5.56. The lowest BCUT2D eigenvalue weighted by atomic mass is 10.1. The van der Waals surface area contributed by atoms with E-state index in [1.54, 1.807) is 21.5 Å². The van der Waals surface area contributed by atoms with Crippen molar-refractivity contribution in [2.24, 2.45) is 0 Å². The first kappa shape index (κ1) is 19.4. The molecule has 31 heavy (non-hydrogen) atoms. The number of aromatic hydroxyl groups is 1. The number of imidazole rings is 1. The minimum atomic E-state index is -0.417. The lowest BCUT2D eigenvalue weighted by Crippen LogP contribution is -2.10. The Bertz CT molecular complexity index is 1240. The number of halogens is 1. The Hall–Kier alpha value is -3.53. The lowest BCUT2D eigenvalue weighted by molar-refractivity contribution is 0.177. The van der Waals surface area contributed by atoms with Crippen LogP contribution in [0.2, 0.25) is 0 Å². The van der Waals surface area contributed by atoms with Crippen molar-refractivity contribution in [2.75, 3.05) is 5.32 Å². The Morgan fingerprint density at radius 2 is 2.10 bits per heavy atom. The molecule has 0 unspecified atom stereocenters. The van der Waals surface area contributed by atoms with Crippen LogP contribution in [0, 0.1) is 5.82 Å². The smallest absolute Gasteiger partial charge is 0.154 e. The second kappa shape index (κ2) is 7.62. The predicted molar refractivity (Wildman–Crippen MR) is 111 cm³/mol. The van der Waals surface area contributed by atoms with Gasteiger partial charge in [-0.05, 0) is 56.5 Å². The Morgan fingerprint density at radius 3 is 2.90 bits per heavy atom. The summed E-state index contributed by atoms with van der Waals surface area (Å²) in [5, 5.41) is 36.1. The molecule has 0 amide bonds. The number of aliphatic hydroxyl groups excluding tert-OH is 1. The van der Waals surface area contributed by atoms with Gasteiger partial charge in [-0.15, -0.1) is 10.2 Å². The summed E-state index contributed by atoms with van der Waals surface area (Å²) in [5.74, 6) is 0.133. The van der Waals surface area contributed by atoms with E-state index < -0.39 is 5.82 Å². The van der Waals surface area contributed by atoms with E-state index >= 15 is 0 Å². The number of fused-ring (bicyclic) bond motifs is 1. The van der Waals surface area contributed by atoms with Gasteiger partial charge in [-0.2, -0.15) is 0 Å². The van der Waals surface area contributed by atoms with Crippen molar-refractivity contribution in [3.63, 3.8) is 0 Å². The van der Waals surface area contributed by atoms with Crippen molar-refractivity contribution in [3.8, 4) is 17.1 Å². The minimum absolute atomic E-state index is 0.0134. The molecular weight excluding hydrogens is 401 g/mol. The number of nitrogens with one attached hydrogen (secondary N) is 1. The molecule has 3 heterocycles. The fraction of sp³-hybridized carbons (Fsp3) is 0.333. The van der Waals surface area contributed by atoms with Crippen LogP contribution in [-0.2, 0) is 0 Å². The average molecular weight is 423 g/mol. The maximum Gasteiger partial charge on any atom is 0.154 e. The number of anilines is 1. The molecule has 1 aromatic carbocycles. The number of aromatic nitrogens is 6. The minimum Gasteiger partial charge on any atom is -0.508 e. The summed E-state index contributed by atoms with van der Waals surface area (Å²) in [6.45, 7) is 1.82. The van der Waals surface area contributed by atoms with Crippen LogP contribution < -0.4 is 5.32 Å². The zero-order valence-corrected chi connectivity index (χ0v) is 16.9. The van der Waals surface area contributed by atoms with Crippen molar-refractivity contribution in [3.05, 3.63) is 54.1 Å². The quantitative estimate of drug-likeness (QED) is 0.452. The molecule has 10 heteroatoms. The van der Waals surface area contributed by atoms with Crippen LogP contribution in [0.25, 0.3) is 17.0 Å². The number of rotatable bonds is 5. The highest BCUT2D eigenvalue weighted by atomic mass is 19.1. The molecule has 1 fully saturated rings. The zero-order valence-electron chi connectivity index (χ0n) is 16.9. The molecule has 9 nitrogen and oxygen atoms in total. The standard InChI is InChI=1S/C21H22FN7O2/c1-12(16-8-13(22)2-5-19(16)31)24-20-6-7-21-23-10-18(29(21)26-20)17-11-28(27-25-17)14-3-4-15(30)9-14/h2,5-8,10-12,14-15,30-31H,3-4,9H2,1H3,(H,24,26)/t12-,14-,15+/m1/s1. The Morgan fingerprint density at radius 1 is 1.23 bits per heavy atom. The largest absolute Gasteiger partial charge is 0.508 e. The fourth-order valence-electron chi connectivity index (χ4n) is 4.04. The number of hydrogen-bond donors (Lipinski definition) is 3. The van der Waals surface area contributed by atoms with Crippen molar-refractivity contribution in [2.45, 2.75) is 44.4 Å². The van der Waals surface area contributed by atoms with E-state index in [1.165, 1.54) is 18.2 Å². The van der Waals surface area contributed by atoms with Crippen molar-refractivity contribution in [1.82, 2.24) is 29.6 Å². The first-order chi connectivity index (χ1) is 15.0. The summed E-state index contributed by atoms with van der Waals surface area (Å²) < 4.78 is 17.1. The SMILES string of the molecule is C[C@@H](Nc1ccc2ncc(-c3cn([C@@H]4CC[C@H](O)C4)nn3)n2n1)c1cc(F)ccc1O. The molecule has 0 bridgehead atoms. The van der Waals surface area contributed by atoms with Gasteiger partial charge in [0.15, 0.2) is 5.65 Å². The van der Waals surface area contributed by atoms with E-state index in [2.05, 4.69) is 25.7 Å². The van der Waals surface area contributed by atoms with Crippen LogP contribution in [-0.4, -0.2) is 45.9 Å². The normalized spacial score (nSPS) is 19.7. The number of aliphatic hydroxyl groups is 1. The lowest BCUT2D eigenvalue weighted by Gasteiger charge is -2.16. The Kier molecular flexibility index (Phi) is 4.78. The van der Waals surface area contributed by atoms with Crippen molar-refractivity contribution in [1.29, 1.82) is 0 Å². The van der Waals surface area contributed by atoms with Crippen molar-refractivity contribution >= 4 is 11.5 Å². The van der Waals surface area contributed by atoms with Gasteiger partial charge >= 0.3 is 0 Å². The van der Waals surface area contributed by atoms with Crippen LogP contribution in [0.5, 0.6) is 5.75 Å². The molecule has 0 aliphatic heterocycles. The van der Waals surface area contributed by atoms with Gasteiger partial charge in [0.25, 0.3) is 0 Å². The molecule has 3 N–H and O–H groups in total. The Balaban J connectivity index is 1.42. The van der Waals surface area contributed by atoms with Gasteiger partial charge in [0.1, 0.15) is 28.8 Å². The first-order valence-electron chi connectivity index (χ1n) is 10.2. The fourth-order valence-corrected chi connectivity index (χ4v) is 4.04. The van der Waals surface area contributed by atoms with E-state index in [0.29, 0.717) is 34.8 Å². The van der Waals surface area contributed by atoms with Gasteiger partial charge in [0.05, 0.1) is 30.6 Å². The van der Waals surface area contributed by atoms with Gasteiger partial charge in [-0.25, -0.2) is 18.6 Å². The third-order valence-corrected chi connectivity index (χ3v) is 5.71. The van der Waals surface area contributed by atoms with E-state index in [-0.39, 0.29) is 23.9 Å². The topological polar surface area (TPSA) is 113 Å². The van der Waals surface area contributed by atoms with Crippen LogP contribution >= 0.6 is 0 Å². The molecule has 4 aromatic rings. The number of nitrogens with zero attached hydrogens (tertiary/aromatic N) is 6. The highest BCUT2D eigenvalue weighted by Crippen LogP contribution is 2.31. The molecule has 1 aliphatic carbocycles. The van der Waals surface area contributed by atoms with E-state index in [0.717, 1.165) is 12.8 Å². The summed E-state index contributed by atoms with van der Waals surface area (Å²) in [5.41, 5.74) is 2.40. The maximum atomic E-state index is 13.6. The van der Waals surface area contributed by atoms with E-state index in [1.807, 2.05) is 19.2 Å². The van der Waals surface area contributed by atoms with Crippen LogP contribution in [0.3, 0.4) is 0 Å². The Labute approximate surface area is 177 Å². The van der Waals surface area contributed by atoms with E-state index in [4.69, 9.17) is 0 Å². The molecule has 5 rings (SSSR count). The van der Waals surface area contributed by atoms with Crippen molar-refractivity contribution < 1.29 is 14.6 Å². The maximum absolute atomic E-state index is 13.6. The number of benzene rings is 1. The predicted octanol–water partition coefficient (Wildman–Crippen LogP) is 3.09. The molecule has 1 aliphatic rings. The molecular formula is C21H22FN7O2. The summed E-state index contributed by atoms with van der Waals surface area (Å²) in [6, 6.07) is 7.20. The van der Waals surface area contributed by atoms with Crippen LogP contribution in [0.4, 0.5) is 10.2 Å². The molecule has 0 spiro atoms. The van der Waals surface area contributed by atoms with Gasteiger partial charge in [0.2, 0.25) is 0 Å². The second-order valence-corrected chi connectivity index (χ2v) is 7.91. The number of phenols is 1. The molecule has 3 aromatic heterocycles. The second-order valence-electron chi connectivity index (χ2n) is 7.91. The van der Waals surface area contributed by atoms with Gasteiger partial charge < -0.3 is 15.5 Å². The highest BCUT2D eigenvalue weighted by Gasteiger charge is 2.25. The van der Waals surface area contributed by atoms with Gasteiger partial charge in [0, 0.05) is 5.56 Å². The molecule has 0 saturated heterocycles. The van der Waals surface area contributed by atoms with Crippen LogP contribution in [0.1, 0.15) is 43.8 Å². The zero-order chi connectivity index (χ0) is 21.5. The highest BCUT2D eigenvalue weighted by molar-refractivity contribution is 5.59. The molecule has 3 atom stereocenters. The van der Waals surface area contributed by atoms with Crippen LogP contribution in [0.15, 0.2) is 42.7 Å². The molecule has 1 saturated carbocycles. The monoisotopic (exact) mass is 423 g/mol. The average Bonchev–Trinajstić information content (AvgIpc) is 3.48. The van der Waals surface area contributed by atoms with Gasteiger partial charge in [-0.3, -0.25) is 0 Å². The summed E-state index contributed by atoms with van der Waals surface area (Å²) in [7, 11) is 0. The molecule has 160 valence electrons. The number of hydrogen-bond acceptors (Lipinski definition) is 7. The number of phenolic OH excluding ortho intramolecular Hbond substituents is 1. The third kappa shape index (κ3) is 3.70. The third-order valence-electron chi connectivity index (χ3n) is 5.71.